The first-order valence-electron chi connectivity index (χ1n) is 8.99. The van der Waals surface area contributed by atoms with Gasteiger partial charge < -0.3 is 14.3 Å². The first-order valence-corrected chi connectivity index (χ1v) is 9.87. The molecular formula is C18H21N3O8S. The second-order valence-electron chi connectivity index (χ2n) is 6.11. The molecule has 2 rings (SSSR count). The highest BCUT2D eigenvalue weighted by Gasteiger charge is 2.35. The molecule has 1 fully saturated rings. The Hall–Kier alpha value is -3.15. The lowest BCUT2D eigenvalue weighted by Crippen LogP contribution is -2.33. The van der Waals surface area contributed by atoms with Gasteiger partial charge >= 0.3 is 12.1 Å². The largest absolute Gasteiger partial charge is 0.463 e. The lowest BCUT2D eigenvalue weighted by atomic mass is 10.2. The molecule has 0 N–H and O–H groups in total. The van der Waals surface area contributed by atoms with Gasteiger partial charge in [0.25, 0.3) is 5.69 Å². The standard InChI is InChI=1S/C18H21N3O8S/c1-3-27-17(23)11-29-19-16-8-15(30-12(2)22)9-20(16)18(24)28-10-13-4-6-14(7-5-13)21(25)26/h4-7,15H,3,8-11H2,1-2H3/b19-16+. The summed E-state index contributed by atoms with van der Waals surface area (Å²) >= 11 is 1.07. The molecule has 1 saturated heterocycles. The highest BCUT2D eigenvalue weighted by atomic mass is 32.2. The average molecular weight is 439 g/mol. The number of carbonyl (C=O) groups excluding carboxylic acids is 3. The highest BCUT2D eigenvalue weighted by molar-refractivity contribution is 8.14. The van der Waals surface area contributed by atoms with Gasteiger partial charge in [-0.05, 0) is 24.6 Å². The summed E-state index contributed by atoms with van der Waals surface area (Å²) in [5.74, 6) is -0.367. The fraction of sp³-hybridized carbons (Fsp3) is 0.444. The molecule has 0 aliphatic carbocycles. The Morgan fingerprint density at radius 2 is 1.97 bits per heavy atom. The second kappa shape index (κ2) is 11.1. The van der Waals surface area contributed by atoms with E-state index in [1.807, 2.05) is 0 Å². The van der Waals surface area contributed by atoms with Gasteiger partial charge in [-0.2, -0.15) is 0 Å². The number of nitrogens with zero attached hydrogens (tertiary/aromatic N) is 3. The summed E-state index contributed by atoms with van der Waals surface area (Å²) in [6.07, 6.45) is -0.432. The number of ether oxygens (including phenoxy) is 2. The number of nitro benzene ring substituents is 1. The number of amidine groups is 1. The van der Waals surface area contributed by atoms with Crippen molar-refractivity contribution < 1.29 is 33.6 Å². The Labute approximate surface area is 176 Å². The maximum atomic E-state index is 12.5. The number of rotatable bonds is 8. The Morgan fingerprint density at radius 3 is 2.57 bits per heavy atom. The maximum Gasteiger partial charge on any atom is 0.415 e. The van der Waals surface area contributed by atoms with E-state index in [4.69, 9.17) is 14.3 Å². The minimum absolute atomic E-state index is 0.0677. The van der Waals surface area contributed by atoms with Crippen LogP contribution < -0.4 is 0 Å². The molecule has 0 spiro atoms. The van der Waals surface area contributed by atoms with Crippen LogP contribution in [0.25, 0.3) is 0 Å². The number of nitro groups is 1. The van der Waals surface area contributed by atoms with E-state index < -0.39 is 23.6 Å². The first-order chi connectivity index (χ1) is 14.3. The normalized spacial score (nSPS) is 16.9. The number of benzene rings is 1. The van der Waals surface area contributed by atoms with Crippen molar-refractivity contribution in [2.24, 2.45) is 5.16 Å². The van der Waals surface area contributed by atoms with Crippen LogP contribution in [-0.4, -0.2) is 57.8 Å². The van der Waals surface area contributed by atoms with Crippen LogP contribution in [0.5, 0.6) is 0 Å². The average Bonchev–Trinajstić information content (AvgIpc) is 3.08. The lowest BCUT2D eigenvalue weighted by Gasteiger charge is -2.16. The van der Waals surface area contributed by atoms with Crippen molar-refractivity contribution >= 4 is 40.5 Å². The topological polar surface area (TPSA) is 138 Å². The van der Waals surface area contributed by atoms with Crippen LogP contribution >= 0.6 is 11.8 Å². The molecule has 0 bridgehead atoms. The molecule has 162 valence electrons. The van der Waals surface area contributed by atoms with Crippen molar-refractivity contribution in [3.05, 3.63) is 39.9 Å². The molecule has 12 heteroatoms. The third-order valence-corrected chi connectivity index (χ3v) is 4.81. The number of thioether (sulfide) groups is 1. The molecule has 1 heterocycles. The Balaban J connectivity index is 1.99. The zero-order valence-corrected chi connectivity index (χ0v) is 17.3. The summed E-state index contributed by atoms with van der Waals surface area (Å²) in [6, 6.07) is 5.60. The van der Waals surface area contributed by atoms with Crippen molar-refractivity contribution in [3.8, 4) is 0 Å². The molecule has 1 aromatic carbocycles. The van der Waals surface area contributed by atoms with E-state index in [-0.39, 0.29) is 48.1 Å². The third-order valence-electron chi connectivity index (χ3n) is 3.83. The van der Waals surface area contributed by atoms with Gasteiger partial charge in [0.2, 0.25) is 6.61 Å². The van der Waals surface area contributed by atoms with Crippen molar-refractivity contribution in [2.45, 2.75) is 32.1 Å². The van der Waals surface area contributed by atoms with Crippen LogP contribution in [0.1, 0.15) is 25.8 Å². The molecule has 11 nitrogen and oxygen atoms in total. The van der Waals surface area contributed by atoms with E-state index >= 15 is 0 Å². The minimum Gasteiger partial charge on any atom is -0.463 e. The number of amides is 1. The van der Waals surface area contributed by atoms with Crippen LogP contribution in [0.4, 0.5) is 10.5 Å². The number of likely N-dealkylation sites (tertiary alicyclic amines) is 1. The van der Waals surface area contributed by atoms with Crippen molar-refractivity contribution in [1.29, 1.82) is 0 Å². The lowest BCUT2D eigenvalue weighted by molar-refractivity contribution is -0.384. The summed E-state index contributed by atoms with van der Waals surface area (Å²) in [5, 5.41) is 14.2. The molecule has 1 aromatic rings. The zero-order chi connectivity index (χ0) is 22.1. The van der Waals surface area contributed by atoms with Crippen molar-refractivity contribution in [1.82, 2.24) is 4.90 Å². The smallest absolute Gasteiger partial charge is 0.415 e. The number of esters is 1. The van der Waals surface area contributed by atoms with Crippen LogP contribution in [0, 0.1) is 10.1 Å². The minimum atomic E-state index is -0.710. The fourth-order valence-electron chi connectivity index (χ4n) is 2.57. The predicted molar refractivity (Wildman–Crippen MR) is 107 cm³/mol. The maximum absolute atomic E-state index is 12.5. The van der Waals surface area contributed by atoms with E-state index in [1.54, 1.807) is 6.92 Å². The summed E-state index contributed by atoms with van der Waals surface area (Å²) < 4.78 is 9.99. The summed E-state index contributed by atoms with van der Waals surface area (Å²) in [7, 11) is 0. The van der Waals surface area contributed by atoms with E-state index in [1.165, 1.54) is 36.1 Å². The van der Waals surface area contributed by atoms with Gasteiger partial charge in [0.1, 0.15) is 6.61 Å². The van der Waals surface area contributed by atoms with Gasteiger partial charge in [-0.15, -0.1) is 0 Å². The van der Waals surface area contributed by atoms with Gasteiger partial charge in [-0.25, -0.2) is 9.59 Å². The van der Waals surface area contributed by atoms with Crippen LogP contribution in [0.2, 0.25) is 0 Å². The van der Waals surface area contributed by atoms with Crippen molar-refractivity contribution in [2.75, 3.05) is 19.8 Å². The Bertz CT molecular complexity index is 827. The number of hydrogen-bond donors (Lipinski definition) is 0. The highest BCUT2D eigenvalue weighted by Crippen LogP contribution is 2.26. The van der Waals surface area contributed by atoms with E-state index in [0.717, 1.165) is 11.8 Å². The van der Waals surface area contributed by atoms with Gasteiger partial charge in [0.05, 0.1) is 11.5 Å². The number of oxime groups is 1. The van der Waals surface area contributed by atoms with E-state index in [2.05, 4.69) is 5.16 Å². The molecule has 1 aliphatic rings. The quantitative estimate of drug-likeness (QED) is 0.340. The SMILES string of the molecule is CCOC(=O)CO/N=C1\CC(SC(C)=O)CN1C(=O)OCc1ccc([N+](=O)[O-])cc1. The molecule has 1 atom stereocenters. The number of carbonyl (C=O) groups is 3. The molecule has 0 aromatic heterocycles. The van der Waals surface area contributed by atoms with Crippen LogP contribution in [0.3, 0.4) is 0 Å². The summed E-state index contributed by atoms with van der Waals surface area (Å²) in [6.45, 7) is 2.96. The van der Waals surface area contributed by atoms with E-state index in [0.29, 0.717) is 5.56 Å². The zero-order valence-electron chi connectivity index (χ0n) is 16.4. The summed E-state index contributed by atoms with van der Waals surface area (Å²) in [5.41, 5.74) is 0.502. The molecule has 1 amide bonds. The van der Waals surface area contributed by atoms with E-state index in [9.17, 15) is 24.5 Å². The van der Waals surface area contributed by atoms with Gasteiger partial charge in [0, 0.05) is 37.3 Å². The molecule has 1 aliphatic heterocycles. The van der Waals surface area contributed by atoms with Crippen LogP contribution in [-0.2, 0) is 30.5 Å². The third kappa shape index (κ3) is 7.03. The molecular weight excluding hydrogens is 418 g/mol. The number of hydrogen-bond acceptors (Lipinski definition) is 10. The monoisotopic (exact) mass is 439 g/mol. The molecule has 30 heavy (non-hydrogen) atoms. The van der Waals surface area contributed by atoms with Gasteiger partial charge in [-0.1, -0.05) is 16.9 Å². The fourth-order valence-corrected chi connectivity index (χ4v) is 3.49. The summed E-state index contributed by atoms with van der Waals surface area (Å²) in [4.78, 5) is 51.6. The first kappa shape index (κ1) is 23.1. The van der Waals surface area contributed by atoms with Crippen molar-refractivity contribution in [3.63, 3.8) is 0 Å². The second-order valence-corrected chi connectivity index (χ2v) is 7.59. The molecule has 0 saturated carbocycles. The Morgan fingerprint density at radius 1 is 1.27 bits per heavy atom. The molecule has 1 unspecified atom stereocenters. The number of non-ortho nitro benzene ring substituents is 1. The van der Waals surface area contributed by atoms with Gasteiger partial charge in [0.15, 0.2) is 11.0 Å². The van der Waals surface area contributed by atoms with Crippen LogP contribution in [0.15, 0.2) is 29.4 Å². The van der Waals surface area contributed by atoms with Gasteiger partial charge in [-0.3, -0.25) is 19.8 Å². The Kier molecular flexibility index (Phi) is 8.59. The predicted octanol–water partition coefficient (Wildman–Crippen LogP) is 2.48. The molecule has 0 radical (unpaired) electrons.